The molecule has 2 aromatic rings. The summed E-state index contributed by atoms with van der Waals surface area (Å²) in [5, 5.41) is 5.88. The lowest BCUT2D eigenvalue weighted by Crippen LogP contribution is -2.31. The summed E-state index contributed by atoms with van der Waals surface area (Å²) >= 11 is 0. The Kier molecular flexibility index (Phi) is 8.71. The zero-order valence-corrected chi connectivity index (χ0v) is 18.5. The molecule has 0 saturated carbocycles. The highest BCUT2D eigenvalue weighted by atomic mass is 16.5. The molecule has 30 heavy (non-hydrogen) atoms. The second-order valence-corrected chi connectivity index (χ2v) is 7.37. The molecule has 6 nitrogen and oxygen atoms in total. The Morgan fingerprint density at radius 3 is 2.13 bits per heavy atom. The van der Waals surface area contributed by atoms with E-state index in [4.69, 9.17) is 9.47 Å². The highest BCUT2D eigenvalue weighted by molar-refractivity contribution is 5.94. The van der Waals surface area contributed by atoms with Gasteiger partial charge in [0.25, 0.3) is 5.91 Å². The predicted octanol–water partition coefficient (Wildman–Crippen LogP) is 4.25. The van der Waals surface area contributed by atoms with Gasteiger partial charge in [0.15, 0.2) is 11.5 Å². The van der Waals surface area contributed by atoms with Crippen molar-refractivity contribution in [2.24, 2.45) is 5.92 Å². The molecule has 2 amide bonds. The molecule has 0 spiro atoms. The molecule has 0 heterocycles. The van der Waals surface area contributed by atoms with E-state index in [0.717, 1.165) is 11.1 Å². The maximum atomic E-state index is 12.9. The van der Waals surface area contributed by atoms with E-state index in [1.165, 1.54) is 6.92 Å². The Morgan fingerprint density at radius 1 is 0.933 bits per heavy atom. The third kappa shape index (κ3) is 6.51. The number of benzene rings is 2. The normalized spacial score (nSPS) is 11.7. The maximum Gasteiger partial charge on any atom is 0.251 e. The zero-order valence-electron chi connectivity index (χ0n) is 18.5. The van der Waals surface area contributed by atoms with E-state index >= 15 is 0 Å². The first-order valence-electron chi connectivity index (χ1n) is 10.4. The lowest BCUT2D eigenvalue weighted by Gasteiger charge is -2.24. The topological polar surface area (TPSA) is 76.7 Å². The molecule has 2 rings (SSSR count). The van der Waals surface area contributed by atoms with E-state index in [1.54, 1.807) is 12.1 Å². The molecule has 2 aromatic carbocycles. The summed E-state index contributed by atoms with van der Waals surface area (Å²) in [4.78, 5) is 23.9. The highest BCUT2D eigenvalue weighted by Crippen LogP contribution is 2.33. The van der Waals surface area contributed by atoms with Gasteiger partial charge in [-0.1, -0.05) is 32.0 Å². The fourth-order valence-electron chi connectivity index (χ4n) is 3.12. The molecule has 1 atom stereocenters. The molecule has 0 fully saturated rings. The van der Waals surface area contributed by atoms with Crippen molar-refractivity contribution in [3.63, 3.8) is 0 Å². The quantitative estimate of drug-likeness (QED) is 0.612. The van der Waals surface area contributed by atoms with Gasteiger partial charge in [-0.3, -0.25) is 9.59 Å². The Bertz CT molecular complexity index is 847. The smallest absolute Gasteiger partial charge is 0.251 e. The Morgan fingerprint density at radius 2 is 1.57 bits per heavy atom. The van der Waals surface area contributed by atoms with Gasteiger partial charge in [-0.25, -0.2) is 0 Å². The van der Waals surface area contributed by atoms with Crippen LogP contribution in [0.5, 0.6) is 11.5 Å². The molecule has 0 aromatic heterocycles. The fraction of sp³-hybridized carbons (Fsp3) is 0.417. The Labute approximate surface area is 179 Å². The van der Waals surface area contributed by atoms with E-state index < -0.39 is 0 Å². The summed E-state index contributed by atoms with van der Waals surface area (Å²) in [6.45, 7) is 11.0. The van der Waals surface area contributed by atoms with Gasteiger partial charge in [0.1, 0.15) is 0 Å². The molecule has 0 aliphatic rings. The number of rotatable bonds is 10. The van der Waals surface area contributed by atoms with Crippen molar-refractivity contribution in [1.82, 2.24) is 10.6 Å². The van der Waals surface area contributed by atoms with Crippen molar-refractivity contribution in [2.45, 2.75) is 47.2 Å². The van der Waals surface area contributed by atoms with Crippen LogP contribution < -0.4 is 20.1 Å². The van der Waals surface area contributed by atoms with E-state index in [1.807, 2.05) is 44.2 Å². The van der Waals surface area contributed by atoms with Gasteiger partial charge < -0.3 is 20.1 Å². The minimum atomic E-state index is -0.175. The van der Waals surface area contributed by atoms with Gasteiger partial charge in [-0.2, -0.15) is 0 Å². The molecular formula is C24H32N2O4. The maximum absolute atomic E-state index is 12.9. The van der Waals surface area contributed by atoms with E-state index in [9.17, 15) is 9.59 Å². The average Bonchev–Trinajstić information content (AvgIpc) is 2.72. The van der Waals surface area contributed by atoms with Crippen LogP contribution in [0.2, 0.25) is 0 Å². The van der Waals surface area contributed by atoms with Crippen molar-refractivity contribution in [3.05, 3.63) is 59.2 Å². The number of ether oxygens (including phenoxy) is 2. The van der Waals surface area contributed by atoms with Crippen LogP contribution in [0.25, 0.3) is 0 Å². The highest BCUT2D eigenvalue weighted by Gasteiger charge is 2.21. The Hall–Kier alpha value is -3.02. The summed E-state index contributed by atoms with van der Waals surface area (Å²) in [7, 11) is 0. The Balaban J connectivity index is 2.17. The first kappa shape index (κ1) is 23.3. The van der Waals surface area contributed by atoms with Crippen molar-refractivity contribution < 1.29 is 19.1 Å². The van der Waals surface area contributed by atoms with Crippen LogP contribution in [0.15, 0.2) is 42.5 Å². The van der Waals surface area contributed by atoms with Gasteiger partial charge in [0.2, 0.25) is 5.91 Å². The van der Waals surface area contributed by atoms with Crippen LogP contribution in [-0.2, 0) is 11.3 Å². The van der Waals surface area contributed by atoms with Crippen LogP contribution in [0.4, 0.5) is 0 Å². The first-order valence-corrected chi connectivity index (χ1v) is 10.4. The van der Waals surface area contributed by atoms with Gasteiger partial charge >= 0.3 is 0 Å². The number of carbonyl (C=O) groups excluding carboxylic acids is 2. The lowest BCUT2D eigenvalue weighted by molar-refractivity contribution is -0.119. The summed E-state index contributed by atoms with van der Waals surface area (Å²) in [5.41, 5.74) is 2.48. The van der Waals surface area contributed by atoms with Crippen LogP contribution in [0, 0.1) is 5.92 Å². The average molecular weight is 413 g/mol. The van der Waals surface area contributed by atoms with Crippen molar-refractivity contribution in [2.75, 3.05) is 13.2 Å². The van der Waals surface area contributed by atoms with E-state index in [2.05, 4.69) is 24.5 Å². The zero-order chi connectivity index (χ0) is 22.1. The van der Waals surface area contributed by atoms with Gasteiger partial charge in [-0.05, 0) is 55.2 Å². The van der Waals surface area contributed by atoms with Crippen LogP contribution in [0.3, 0.4) is 0 Å². The summed E-state index contributed by atoms with van der Waals surface area (Å²) in [6.07, 6.45) is 0. The SMILES string of the molecule is CCOc1ccc(C(NC(=O)c2ccc(CNC(C)=O)cc2)C(C)C)cc1OCC. The van der Waals surface area contributed by atoms with E-state index in [-0.39, 0.29) is 23.8 Å². The third-order valence-electron chi connectivity index (χ3n) is 4.64. The lowest BCUT2D eigenvalue weighted by atomic mass is 9.95. The molecule has 162 valence electrons. The number of nitrogens with one attached hydrogen (secondary N) is 2. The minimum absolute atomic E-state index is 0.0848. The molecule has 0 saturated heterocycles. The van der Waals surface area contributed by atoms with Crippen molar-refractivity contribution >= 4 is 11.8 Å². The standard InChI is InChI=1S/C24H32N2O4/c1-6-29-21-13-12-20(14-22(21)30-7-2)23(16(3)4)26-24(28)19-10-8-18(9-11-19)15-25-17(5)27/h8-14,16,23H,6-7,15H2,1-5H3,(H,25,27)(H,26,28). The monoisotopic (exact) mass is 412 g/mol. The number of hydrogen-bond acceptors (Lipinski definition) is 4. The van der Waals surface area contributed by atoms with Crippen LogP contribution >= 0.6 is 0 Å². The number of carbonyl (C=O) groups is 2. The summed E-state index contributed by atoms with van der Waals surface area (Å²) in [6, 6.07) is 12.9. The van der Waals surface area contributed by atoms with Crippen molar-refractivity contribution in [3.8, 4) is 11.5 Å². The largest absolute Gasteiger partial charge is 0.490 e. The van der Waals surface area contributed by atoms with Gasteiger partial charge in [0.05, 0.1) is 19.3 Å². The van der Waals surface area contributed by atoms with E-state index in [0.29, 0.717) is 36.8 Å². The fourth-order valence-corrected chi connectivity index (χ4v) is 3.12. The van der Waals surface area contributed by atoms with Crippen molar-refractivity contribution in [1.29, 1.82) is 0 Å². The molecule has 0 aliphatic carbocycles. The minimum Gasteiger partial charge on any atom is -0.490 e. The van der Waals surface area contributed by atoms with Crippen LogP contribution in [0.1, 0.15) is 62.1 Å². The van der Waals surface area contributed by atoms with Gasteiger partial charge in [0, 0.05) is 19.0 Å². The second kappa shape index (κ2) is 11.2. The molecule has 0 aliphatic heterocycles. The molecule has 0 bridgehead atoms. The number of amides is 2. The summed E-state index contributed by atoms with van der Waals surface area (Å²) < 4.78 is 11.4. The third-order valence-corrected chi connectivity index (χ3v) is 4.64. The first-order chi connectivity index (χ1) is 14.3. The molecule has 0 radical (unpaired) electrons. The number of hydrogen-bond donors (Lipinski definition) is 2. The second-order valence-electron chi connectivity index (χ2n) is 7.37. The molecule has 1 unspecified atom stereocenters. The molecule has 6 heteroatoms. The molecule has 2 N–H and O–H groups in total. The molecular weight excluding hydrogens is 380 g/mol. The van der Waals surface area contributed by atoms with Gasteiger partial charge in [-0.15, -0.1) is 0 Å². The predicted molar refractivity (Wildman–Crippen MR) is 118 cm³/mol. The van der Waals surface area contributed by atoms with Crippen LogP contribution in [-0.4, -0.2) is 25.0 Å². The summed E-state index contributed by atoms with van der Waals surface area (Å²) in [5.74, 6) is 1.33.